The Kier molecular flexibility index (Phi) is 7.74. The quantitative estimate of drug-likeness (QED) is 0.704. The van der Waals surface area contributed by atoms with Gasteiger partial charge < -0.3 is 19.1 Å². The molecule has 5 heteroatoms. The van der Waals surface area contributed by atoms with Crippen LogP contribution in [-0.4, -0.2) is 49.8 Å². The highest BCUT2D eigenvalue weighted by atomic mass is 16.5. The Morgan fingerprint density at radius 2 is 1.82 bits per heavy atom. The van der Waals surface area contributed by atoms with Crippen molar-refractivity contribution in [1.29, 1.82) is 0 Å². The number of hydrogen-bond donors (Lipinski definition) is 0. The summed E-state index contributed by atoms with van der Waals surface area (Å²) in [6, 6.07) is 7.48. The van der Waals surface area contributed by atoms with E-state index < -0.39 is 6.10 Å². The normalized spacial score (nSPS) is 12.1. The number of carbonyl (C=O) groups is 1. The van der Waals surface area contributed by atoms with Crippen LogP contribution in [0.4, 0.5) is 0 Å². The van der Waals surface area contributed by atoms with Crippen LogP contribution < -0.4 is 9.47 Å². The van der Waals surface area contributed by atoms with Crippen molar-refractivity contribution in [3.63, 3.8) is 0 Å². The van der Waals surface area contributed by atoms with E-state index in [9.17, 15) is 4.79 Å². The molecule has 1 rings (SSSR count). The number of ether oxygens (including phenoxy) is 3. The second-order valence-corrected chi connectivity index (χ2v) is 5.34. The molecular weight excluding hydrogens is 282 g/mol. The monoisotopic (exact) mass is 309 g/mol. The third-order valence-electron chi connectivity index (χ3n) is 3.01. The minimum atomic E-state index is -0.439. The van der Waals surface area contributed by atoms with Gasteiger partial charge in [0.1, 0.15) is 24.2 Å². The number of carbonyl (C=O) groups excluding carboxylic acids is 1. The average Bonchev–Trinajstić information content (AvgIpc) is 2.46. The molecular formula is C17H27NO4. The van der Waals surface area contributed by atoms with Crippen molar-refractivity contribution in [2.45, 2.75) is 39.9 Å². The highest BCUT2D eigenvalue weighted by Crippen LogP contribution is 2.19. The van der Waals surface area contributed by atoms with Crippen molar-refractivity contribution in [2.75, 3.05) is 26.8 Å². The van der Waals surface area contributed by atoms with Gasteiger partial charge in [0.2, 0.25) is 0 Å². The zero-order chi connectivity index (χ0) is 16.5. The van der Waals surface area contributed by atoms with Crippen molar-refractivity contribution < 1.29 is 19.0 Å². The lowest BCUT2D eigenvalue weighted by molar-refractivity contribution is -0.144. The van der Waals surface area contributed by atoms with Gasteiger partial charge in [0.25, 0.3) is 5.91 Å². The van der Waals surface area contributed by atoms with Crippen molar-refractivity contribution in [3.8, 4) is 11.5 Å². The Bertz CT molecular complexity index is 462. The molecule has 0 radical (unpaired) electrons. The molecule has 0 bridgehead atoms. The highest BCUT2D eigenvalue weighted by molar-refractivity contribution is 5.80. The first-order valence-corrected chi connectivity index (χ1v) is 7.70. The van der Waals surface area contributed by atoms with E-state index in [1.54, 1.807) is 18.9 Å². The fourth-order valence-corrected chi connectivity index (χ4v) is 2.01. The Morgan fingerprint density at radius 1 is 1.18 bits per heavy atom. The highest BCUT2D eigenvalue weighted by Gasteiger charge is 2.18. The molecule has 0 saturated heterocycles. The van der Waals surface area contributed by atoms with Crippen molar-refractivity contribution in [1.82, 2.24) is 4.90 Å². The molecule has 0 N–H and O–H groups in total. The minimum absolute atomic E-state index is 0.0323. The van der Waals surface area contributed by atoms with Crippen LogP contribution in [0.1, 0.15) is 27.7 Å². The van der Waals surface area contributed by atoms with Crippen LogP contribution in [0.25, 0.3) is 0 Å². The number of amides is 1. The first kappa shape index (κ1) is 18.3. The molecule has 0 aliphatic carbocycles. The first-order valence-electron chi connectivity index (χ1n) is 7.70. The summed E-state index contributed by atoms with van der Waals surface area (Å²) < 4.78 is 16.6. The van der Waals surface area contributed by atoms with Crippen molar-refractivity contribution >= 4 is 5.91 Å². The van der Waals surface area contributed by atoms with Crippen LogP contribution in [-0.2, 0) is 9.53 Å². The summed E-state index contributed by atoms with van der Waals surface area (Å²) >= 11 is 0. The molecule has 0 aliphatic heterocycles. The number of nitrogens with zero attached hydrogens (tertiary/aromatic N) is 1. The first-order chi connectivity index (χ1) is 10.4. The van der Waals surface area contributed by atoms with Gasteiger partial charge in [-0.3, -0.25) is 4.79 Å². The van der Waals surface area contributed by atoms with Gasteiger partial charge >= 0.3 is 0 Å². The van der Waals surface area contributed by atoms with E-state index >= 15 is 0 Å². The molecule has 0 unspecified atom stereocenters. The Morgan fingerprint density at radius 3 is 2.41 bits per heavy atom. The Balaban J connectivity index is 2.39. The summed E-state index contributed by atoms with van der Waals surface area (Å²) in [4.78, 5) is 13.7. The standard InChI is InChI=1S/C17H27NO4/c1-6-20-15-8-7-9-16(12-15)21-11-10-18(5)17(19)14(4)22-13(2)3/h7-9,12-14H,6,10-11H2,1-5H3/t14-/m0/s1. The number of rotatable bonds is 9. The van der Waals surface area contributed by atoms with E-state index in [1.807, 2.05) is 45.0 Å². The maximum atomic E-state index is 12.1. The van der Waals surface area contributed by atoms with Crippen LogP contribution in [0.2, 0.25) is 0 Å². The SMILES string of the molecule is CCOc1cccc(OCCN(C)C(=O)[C@H](C)OC(C)C)c1. The largest absolute Gasteiger partial charge is 0.494 e. The van der Waals surface area contributed by atoms with Gasteiger partial charge in [0.05, 0.1) is 19.3 Å². The topological polar surface area (TPSA) is 48.0 Å². The van der Waals surface area contributed by atoms with Crippen LogP contribution in [0.5, 0.6) is 11.5 Å². The molecule has 22 heavy (non-hydrogen) atoms. The lowest BCUT2D eigenvalue weighted by Gasteiger charge is -2.23. The van der Waals surface area contributed by atoms with Gasteiger partial charge in [-0.2, -0.15) is 0 Å². The predicted molar refractivity (Wildman–Crippen MR) is 86.4 cm³/mol. The van der Waals surface area contributed by atoms with Crippen LogP contribution in [0.3, 0.4) is 0 Å². The smallest absolute Gasteiger partial charge is 0.251 e. The molecule has 1 amide bonds. The van der Waals surface area contributed by atoms with Crippen LogP contribution >= 0.6 is 0 Å². The zero-order valence-electron chi connectivity index (χ0n) is 14.2. The summed E-state index contributed by atoms with van der Waals surface area (Å²) in [6.07, 6.45) is -0.406. The fourth-order valence-electron chi connectivity index (χ4n) is 2.01. The fraction of sp³-hybridized carbons (Fsp3) is 0.588. The second-order valence-electron chi connectivity index (χ2n) is 5.34. The molecule has 1 aromatic rings. The maximum absolute atomic E-state index is 12.1. The summed E-state index contributed by atoms with van der Waals surface area (Å²) in [5, 5.41) is 0. The summed E-state index contributed by atoms with van der Waals surface area (Å²) in [7, 11) is 1.75. The molecule has 0 spiro atoms. The Hall–Kier alpha value is -1.75. The molecule has 0 fully saturated rings. The van der Waals surface area contributed by atoms with Gasteiger partial charge in [-0.25, -0.2) is 0 Å². The van der Waals surface area contributed by atoms with Crippen LogP contribution in [0.15, 0.2) is 24.3 Å². The van der Waals surface area contributed by atoms with Gasteiger partial charge in [-0.15, -0.1) is 0 Å². The lowest BCUT2D eigenvalue weighted by Crippen LogP contribution is -2.39. The summed E-state index contributed by atoms with van der Waals surface area (Å²) in [5.41, 5.74) is 0. The van der Waals surface area contributed by atoms with Crippen LogP contribution in [0, 0.1) is 0 Å². The van der Waals surface area contributed by atoms with Gasteiger partial charge in [0, 0.05) is 13.1 Å². The maximum Gasteiger partial charge on any atom is 0.251 e. The minimum Gasteiger partial charge on any atom is -0.494 e. The summed E-state index contributed by atoms with van der Waals surface area (Å²) in [5.74, 6) is 1.47. The summed E-state index contributed by atoms with van der Waals surface area (Å²) in [6.45, 7) is 9.08. The van der Waals surface area contributed by atoms with E-state index in [4.69, 9.17) is 14.2 Å². The van der Waals surface area contributed by atoms with Crippen molar-refractivity contribution in [2.24, 2.45) is 0 Å². The van der Waals surface area contributed by atoms with E-state index in [0.29, 0.717) is 19.8 Å². The average molecular weight is 309 g/mol. The Labute approximate surface area is 133 Å². The third kappa shape index (κ3) is 6.35. The zero-order valence-corrected chi connectivity index (χ0v) is 14.2. The van der Waals surface area contributed by atoms with E-state index in [2.05, 4.69) is 0 Å². The van der Waals surface area contributed by atoms with E-state index in [-0.39, 0.29) is 12.0 Å². The van der Waals surface area contributed by atoms with Gasteiger partial charge in [-0.1, -0.05) is 6.07 Å². The predicted octanol–water partition coefficient (Wildman–Crippen LogP) is 2.74. The number of likely N-dealkylation sites (N-methyl/N-ethyl adjacent to an activating group) is 1. The molecule has 1 aromatic carbocycles. The molecule has 0 heterocycles. The molecule has 0 saturated carbocycles. The third-order valence-corrected chi connectivity index (χ3v) is 3.01. The molecule has 124 valence electrons. The van der Waals surface area contributed by atoms with Gasteiger partial charge in [0.15, 0.2) is 0 Å². The van der Waals surface area contributed by atoms with E-state index in [0.717, 1.165) is 11.5 Å². The number of benzene rings is 1. The molecule has 0 aliphatic rings. The van der Waals surface area contributed by atoms with Crippen molar-refractivity contribution in [3.05, 3.63) is 24.3 Å². The molecule has 1 atom stereocenters. The van der Waals surface area contributed by atoms with E-state index in [1.165, 1.54) is 0 Å². The molecule has 5 nitrogen and oxygen atoms in total. The second kappa shape index (κ2) is 9.30. The van der Waals surface area contributed by atoms with Gasteiger partial charge in [-0.05, 0) is 39.8 Å². The molecule has 0 aromatic heterocycles. The number of hydrogen-bond acceptors (Lipinski definition) is 4. The lowest BCUT2D eigenvalue weighted by atomic mass is 10.3.